The molecule has 0 atom stereocenters. The van der Waals surface area contributed by atoms with Gasteiger partial charge in [0.1, 0.15) is 5.69 Å². The predicted molar refractivity (Wildman–Crippen MR) is 66.4 cm³/mol. The molecule has 0 aliphatic carbocycles. The Morgan fingerprint density at radius 3 is 3.06 bits per heavy atom. The quantitative estimate of drug-likeness (QED) is 0.347. The Balaban J connectivity index is 2.60. The molecular weight excluding hydrogens is 224 g/mol. The third-order valence-corrected chi connectivity index (χ3v) is 1.83. The first-order valence-corrected chi connectivity index (χ1v) is 5.04. The molecule has 1 rings (SSSR count). The van der Waals surface area contributed by atoms with Gasteiger partial charge >= 0.3 is 0 Å². The largest absolute Gasteiger partial charge is 0.375 e. The predicted octanol–water partition coefficient (Wildman–Crippen LogP) is 0.646. The first-order valence-electron chi connectivity index (χ1n) is 4.63. The van der Waals surface area contributed by atoms with Crippen LogP contribution in [0.5, 0.6) is 0 Å². The van der Waals surface area contributed by atoms with Crippen molar-refractivity contribution >= 4 is 29.3 Å². The summed E-state index contributed by atoms with van der Waals surface area (Å²) in [7, 11) is 0. The van der Waals surface area contributed by atoms with Gasteiger partial charge in [-0.25, -0.2) is 4.98 Å². The maximum Gasteiger partial charge on any atom is 0.184 e. The van der Waals surface area contributed by atoms with Crippen molar-refractivity contribution in [1.29, 1.82) is 0 Å². The van der Waals surface area contributed by atoms with E-state index in [4.69, 9.17) is 5.73 Å². The first kappa shape index (κ1) is 12.3. The molecule has 0 aliphatic heterocycles. The highest BCUT2D eigenvalue weighted by molar-refractivity contribution is 7.80. The van der Waals surface area contributed by atoms with Crippen LogP contribution in [0.25, 0.3) is 0 Å². The Kier molecular flexibility index (Phi) is 4.53. The standard InChI is InChI=1S/C10H12N4OS/c1-7(15)9-4-2-3-8(13-9)5-6-12-14-10(11)16/h2-4,6H,5H2,1H3,(H3,11,14,16). The van der Waals surface area contributed by atoms with Gasteiger partial charge in [-0.2, -0.15) is 5.10 Å². The van der Waals surface area contributed by atoms with Crippen LogP contribution in [-0.4, -0.2) is 22.1 Å². The van der Waals surface area contributed by atoms with E-state index in [1.807, 2.05) is 6.07 Å². The minimum atomic E-state index is -0.0555. The molecule has 84 valence electrons. The van der Waals surface area contributed by atoms with E-state index in [2.05, 4.69) is 27.7 Å². The third kappa shape index (κ3) is 4.14. The summed E-state index contributed by atoms with van der Waals surface area (Å²) >= 11 is 4.57. The van der Waals surface area contributed by atoms with E-state index in [1.54, 1.807) is 18.3 Å². The number of hydrogen-bond donors (Lipinski definition) is 2. The zero-order valence-corrected chi connectivity index (χ0v) is 9.62. The number of Topliss-reactive ketones (excluding diaryl/α,β-unsaturated/α-hetero) is 1. The van der Waals surface area contributed by atoms with Crippen molar-refractivity contribution in [2.75, 3.05) is 0 Å². The number of hydrogen-bond acceptors (Lipinski definition) is 4. The fraction of sp³-hybridized carbons (Fsp3) is 0.200. The number of nitrogens with two attached hydrogens (primary N) is 1. The van der Waals surface area contributed by atoms with E-state index in [0.29, 0.717) is 12.1 Å². The molecule has 0 amide bonds. The monoisotopic (exact) mass is 236 g/mol. The normalized spacial score (nSPS) is 10.3. The first-order chi connectivity index (χ1) is 7.59. The van der Waals surface area contributed by atoms with Crippen LogP contribution in [0, 0.1) is 0 Å². The second-order valence-electron chi connectivity index (χ2n) is 3.06. The Morgan fingerprint density at radius 2 is 2.44 bits per heavy atom. The molecule has 0 unspecified atom stereocenters. The third-order valence-electron chi connectivity index (χ3n) is 1.73. The Morgan fingerprint density at radius 1 is 1.69 bits per heavy atom. The molecule has 1 aromatic rings. The number of nitrogens with zero attached hydrogens (tertiary/aromatic N) is 2. The van der Waals surface area contributed by atoms with Crippen molar-refractivity contribution in [3.8, 4) is 0 Å². The SMILES string of the molecule is CC(=O)c1cccc(CC=NNC(N)=S)n1. The summed E-state index contributed by atoms with van der Waals surface area (Å²) < 4.78 is 0. The number of aromatic nitrogens is 1. The summed E-state index contributed by atoms with van der Waals surface area (Å²) in [6.45, 7) is 1.48. The Bertz CT molecular complexity index is 431. The van der Waals surface area contributed by atoms with Gasteiger partial charge in [0.25, 0.3) is 0 Å². The second kappa shape index (κ2) is 5.92. The molecule has 0 aromatic carbocycles. The number of rotatable bonds is 4. The number of pyridine rings is 1. The zero-order chi connectivity index (χ0) is 12.0. The summed E-state index contributed by atoms with van der Waals surface area (Å²) in [5.41, 5.74) is 8.84. The lowest BCUT2D eigenvalue weighted by Gasteiger charge is -1.98. The lowest BCUT2D eigenvalue weighted by molar-refractivity contribution is 0.101. The van der Waals surface area contributed by atoms with Crippen molar-refractivity contribution < 1.29 is 4.79 Å². The summed E-state index contributed by atoms with van der Waals surface area (Å²) in [6, 6.07) is 5.28. The smallest absolute Gasteiger partial charge is 0.184 e. The molecule has 16 heavy (non-hydrogen) atoms. The molecule has 0 spiro atoms. The van der Waals surface area contributed by atoms with Gasteiger partial charge in [0.15, 0.2) is 10.9 Å². The maximum absolute atomic E-state index is 11.1. The fourth-order valence-corrected chi connectivity index (χ4v) is 1.09. The summed E-state index contributed by atoms with van der Waals surface area (Å²) in [6.07, 6.45) is 2.10. The van der Waals surface area contributed by atoms with Crippen LogP contribution in [0.1, 0.15) is 23.1 Å². The van der Waals surface area contributed by atoms with Gasteiger partial charge in [0, 0.05) is 25.3 Å². The molecule has 0 radical (unpaired) electrons. The molecule has 6 heteroatoms. The van der Waals surface area contributed by atoms with Gasteiger partial charge in [-0.3, -0.25) is 10.2 Å². The van der Waals surface area contributed by atoms with E-state index < -0.39 is 0 Å². The molecule has 0 bridgehead atoms. The van der Waals surface area contributed by atoms with E-state index in [-0.39, 0.29) is 10.9 Å². The van der Waals surface area contributed by atoms with Crippen molar-refractivity contribution in [2.45, 2.75) is 13.3 Å². The van der Waals surface area contributed by atoms with Gasteiger partial charge < -0.3 is 5.73 Å². The lowest BCUT2D eigenvalue weighted by atomic mass is 10.2. The average molecular weight is 236 g/mol. The van der Waals surface area contributed by atoms with E-state index in [9.17, 15) is 4.79 Å². The molecular formula is C10H12N4OS. The number of ketones is 1. The average Bonchev–Trinajstić information content (AvgIpc) is 2.24. The molecule has 3 N–H and O–H groups in total. The molecule has 0 aliphatic rings. The minimum Gasteiger partial charge on any atom is -0.375 e. The van der Waals surface area contributed by atoms with Crippen LogP contribution >= 0.6 is 12.2 Å². The van der Waals surface area contributed by atoms with Gasteiger partial charge in [-0.05, 0) is 24.4 Å². The number of carbonyl (C=O) groups is 1. The highest BCUT2D eigenvalue weighted by atomic mass is 32.1. The number of thiocarbonyl (C=S) groups is 1. The van der Waals surface area contributed by atoms with Crippen molar-refractivity contribution in [3.63, 3.8) is 0 Å². The van der Waals surface area contributed by atoms with E-state index in [0.717, 1.165) is 5.69 Å². The van der Waals surface area contributed by atoms with Crippen molar-refractivity contribution in [3.05, 3.63) is 29.6 Å². The molecule has 0 saturated carbocycles. The highest BCUT2D eigenvalue weighted by Gasteiger charge is 2.00. The molecule has 5 nitrogen and oxygen atoms in total. The summed E-state index contributed by atoms with van der Waals surface area (Å²) in [5, 5.41) is 3.89. The van der Waals surface area contributed by atoms with Gasteiger partial charge in [-0.15, -0.1) is 0 Å². The number of hydrazone groups is 1. The van der Waals surface area contributed by atoms with E-state index in [1.165, 1.54) is 6.92 Å². The van der Waals surface area contributed by atoms with Gasteiger partial charge in [0.2, 0.25) is 0 Å². The van der Waals surface area contributed by atoms with Crippen molar-refractivity contribution in [2.24, 2.45) is 10.8 Å². The summed E-state index contributed by atoms with van der Waals surface area (Å²) in [4.78, 5) is 15.2. The lowest BCUT2D eigenvalue weighted by Crippen LogP contribution is -2.24. The molecule has 1 aromatic heterocycles. The van der Waals surface area contributed by atoms with Gasteiger partial charge in [-0.1, -0.05) is 6.07 Å². The number of nitrogens with one attached hydrogen (secondary N) is 1. The van der Waals surface area contributed by atoms with Crippen LogP contribution in [0.15, 0.2) is 23.3 Å². The number of carbonyl (C=O) groups excluding carboxylic acids is 1. The van der Waals surface area contributed by atoms with Crippen LogP contribution in [0.2, 0.25) is 0 Å². The Hall–Kier alpha value is -1.82. The second-order valence-corrected chi connectivity index (χ2v) is 3.50. The van der Waals surface area contributed by atoms with E-state index >= 15 is 0 Å². The van der Waals surface area contributed by atoms with Crippen LogP contribution in [0.4, 0.5) is 0 Å². The zero-order valence-electron chi connectivity index (χ0n) is 8.80. The Labute approximate surface area is 98.8 Å². The summed E-state index contributed by atoms with van der Waals surface area (Å²) in [5.74, 6) is -0.0555. The minimum absolute atomic E-state index is 0.0555. The maximum atomic E-state index is 11.1. The topological polar surface area (TPSA) is 80.4 Å². The molecule has 0 saturated heterocycles. The fourth-order valence-electron chi connectivity index (χ4n) is 1.04. The molecule has 1 heterocycles. The highest BCUT2D eigenvalue weighted by Crippen LogP contribution is 2.00. The van der Waals surface area contributed by atoms with Crippen LogP contribution < -0.4 is 11.2 Å². The molecule has 0 fully saturated rings. The van der Waals surface area contributed by atoms with Crippen molar-refractivity contribution in [1.82, 2.24) is 10.4 Å². The van der Waals surface area contributed by atoms with Crippen LogP contribution in [0.3, 0.4) is 0 Å². The van der Waals surface area contributed by atoms with Crippen LogP contribution in [-0.2, 0) is 6.42 Å². The van der Waals surface area contributed by atoms with Gasteiger partial charge in [0.05, 0.1) is 0 Å².